The molecule has 0 saturated heterocycles. The van der Waals surface area contributed by atoms with Gasteiger partial charge in [-0.25, -0.2) is 4.39 Å². The number of ether oxygens (including phenoxy) is 1. The Labute approximate surface area is 112 Å². The van der Waals surface area contributed by atoms with E-state index in [1.165, 1.54) is 6.07 Å². The molecule has 1 amide bonds. The molecule has 0 radical (unpaired) electrons. The molecule has 1 aliphatic rings. The summed E-state index contributed by atoms with van der Waals surface area (Å²) in [4.78, 5) is 11.5. The van der Waals surface area contributed by atoms with Gasteiger partial charge in [0.2, 0.25) is 0 Å². The van der Waals surface area contributed by atoms with Gasteiger partial charge in [-0.15, -0.1) is 0 Å². The Hall–Kier alpha value is -1.62. The molecule has 0 aliphatic heterocycles. The lowest BCUT2D eigenvalue weighted by molar-refractivity contribution is -0.123. The van der Waals surface area contributed by atoms with Crippen LogP contribution in [0.25, 0.3) is 0 Å². The van der Waals surface area contributed by atoms with E-state index in [-0.39, 0.29) is 30.3 Å². The minimum Gasteiger partial charge on any atom is -0.480 e. The average Bonchev–Trinajstić information content (AvgIpc) is 3.11. The zero-order valence-corrected chi connectivity index (χ0v) is 11.0. The second-order valence-corrected chi connectivity index (χ2v) is 5.04. The van der Waals surface area contributed by atoms with Gasteiger partial charge in [-0.1, -0.05) is 12.1 Å². The number of halogens is 1. The first kappa shape index (κ1) is 13.8. The molecular weight excluding hydrogens is 247 g/mol. The molecule has 19 heavy (non-hydrogen) atoms. The maximum atomic E-state index is 13.7. The summed E-state index contributed by atoms with van der Waals surface area (Å²) in [5, 5.41) is 2.79. The standard InChI is InChI=1S/C14H19FN2O2/c1-9(16)7-10-3-2-4-12(15)14(10)19-8-13(18)17-11-5-6-11/h2-4,9,11H,5-8,16H2,1H3,(H,17,18). The van der Waals surface area contributed by atoms with Crippen molar-refractivity contribution in [2.24, 2.45) is 5.73 Å². The van der Waals surface area contributed by atoms with Gasteiger partial charge in [-0.3, -0.25) is 4.79 Å². The summed E-state index contributed by atoms with van der Waals surface area (Å²) >= 11 is 0. The van der Waals surface area contributed by atoms with E-state index in [2.05, 4.69) is 5.32 Å². The minimum absolute atomic E-state index is 0.0931. The van der Waals surface area contributed by atoms with Crippen LogP contribution < -0.4 is 15.8 Å². The predicted octanol–water partition coefficient (Wildman–Crippen LogP) is 1.37. The number of rotatable bonds is 6. The molecule has 4 nitrogen and oxygen atoms in total. The Morgan fingerprint density at radius 3 is 2.95 bits per heavy atom. The van der Waals surface area contributed by atoms with Crippen molar-refractivity contribution < 1.29 is 13.9 Å². The Kier molecular flexibility index (Phi) is 4.37. The Balaban J connectivity index is 1.98. The van der Waals surface area contributed by atoms with Gasteiger partial charge in [-0.2, -0.15) is 0 Å². The SMILES string of the molecule is CC(N)Cc1cccc(F)c1OCC(=O)NC1CC1. The number of carbonyl (C=O) groups is 1. The fraction of sp³-hybridized carbons (Fsp3) is 0.500. The molecule has 1 aromatic carbocycles. The van der Waals surface area contributed by atoms with Gasteiger partial charge in [0.25, 0.3) is 5.91 Å². The zero-order chi connectivity index (χ0) is 13.8. The molecule has 1 saturated carbocycles. The van der Waals surface area contributed by atoms with Gasteiger partial charge in [0.15, 0.2) is 18.2 Å². The van der Waals surface area contributed by atoms with E-state index >= 15 is 0 Å². The van der Waals surface area contributed by atoms with Crippen molar-refractivity contribution in [2.45, 2.75) is 38.3 Å². The molecular formula is C14H19FN2O2. The smallest absolute Gasteiger partial charge is 0.258 e. The molecule has 2 rings (SSSR count). The Morgan fingerprint density at radius 1 is 1.58 bits per heavy atom. The summed E-state index contributed by atoms with van der Waals surface area (Å²) in [5.41, 5.74) is 6.41. The third-order valence-corrected chi connectivity index (χ3v) is 2.88. The molecule has 0 bridgehead atoms. The van der Waals surface area contributed by atoms with Crippen LogP contribution in [0.3, 0.4) is 0 Å². The zero-order valence-electron chi connectivity index (χ0n) is 11.0. The first-order valence-corrected chi connectivity index (χ1v) is 6.51. The van der Waals surface area contributed by atoms with E-state index in [1.807, 2.05) is 6.92 Å². The highest BCUT2D eigenvalue weighted by molar-refractivity contribution is 5.78. The van der Waals surface area contributed by atoms with Crippen LogP contribution in [0, 0.1) is 5.82 Å². The Bertz CT molecular complexity index is 459. The number of benzene rings is 1. The average molecular weight is 266 g/mol. The van der Waals surface area contributed by atoms with Gasteiger partial charge in [0.1, 0.15) is 0 Å². The van der Waals surface area contributed by atoms with Crippen LogP contribution in [0.5, 0.6) is 5.75 Å². The van der Waals surface area contributed by atoms with Gasteiger partial charge in [-0.05, 0) is 37.8 Å². The lowest BCUT2D eigenvalue weighted by atomic mass is 10.1. The van der Waals surface area contributed by atoms with Crippen LogP contribution in [0.2, 0.25) is 0 Å². The molecule has 1 unspecified atom stereocenters. The van der Waals surface area contributed by atoms with Crippen LogP contribution in [0.15, 0.2) is 18.2 Å². The van der Waals surface area contributed by atoms with E-state index in [1.54, 1.807) is 12.1 Å². The number of amides is 1. The van der Waals surface area contributed by atoms with E-state index in [0.29, 0.717) is 12.0 Å². The Morgan fingerprint density at radius 2 is 2.32 bits per heavy atom. The second-order valence-electron chi connectivity index (χ2n) is 5.04. The number of para-hydroxylation sites is 1. The first-order valence-electron chi connectivity index (χ1n) is 6.51. The van der Waals surface area contributed by atoms with Crippen LogP contribution in [-0.4, -0.2) is 24.6 Å². The van der Waals surface area contributed by atoms with Gasteiger partial charge >= 0.3 is 0 Å². The normalized spacial score (nSPS) is 15.9. The highest BCUT2D eigenvalue weighted by Gasteiger charge is 2.23. The number of hydrogen-bond donors (Lipinski definition) is 2. The summed E-state index contributed by atoms with van der Waals surface area (Å²) < 4.78 is 19.0. The monoisotopic (exact) mass is 266 g/mol. The van der Waals surface area contributed by atoms with Crippen molar-refractivity contribution in [2.75, 3.05) is 6.61 Å². The fourth-order valence-corrected chi connectivity index (χ4v) is 1.86. The van der Waals surface area contributed by atoms with Crippen molar-refractivity contribution in [1.82, 2.24) is 5.32 Å². The summed E-state index contributed by atoms with van der Waals surface area (Å²) in [6.45, 7) is 1.68. The maximum absolute atomic E-state index is 13.7. The number of carbonyl (C=O) groups excluding carboxylic acids is 1. The van der Waals surface area contributed by atoms with Gasteiger partial charge in [0.05, 0.1) is 0 Å². The maximum Gasteiger partial charge on any atom is 0.258 e. The van der Waals surface area contributed by atoms with Crippen molar-refractivity contribution >= 4 is 5.91 Å². The molecule has 1 atom stereocenters. The van der Waals surface area contributed by atoms with Gasteiger partial charge in [0, 0.05) is 12.1 Å². The van der Waals surface area contributed by atoms with Gasteiger partial charge < -0.3 is 15.8 Å². The molecule has 3 N–H and O–H groups in total. The van der Waals surface area contributed by atoms with Crippen LogP contribution in [-0.2, 0) is 11.2 Å². The second kappa shape index (κ2) is 6.02. The third kappa shape index (κ3) is 4.21. The summed E-state index contributed by atoms with van der Waals surface area (Å²) in [5.74, 6) is -0.541. The molecule has 5 heteroatoms. The molecule has 1 aliphatic carbocycles. The van der Waals surface area contributed by atoms with E-state index in [4.69, 9.17) is 10.5 Å². The molecule has 0 heterocycles. The molecule has 104 valence electrons. The largest absolute Gasteiger partial charge is 0.480 e. The van der Waals surface area contributed by atoms with E-state index in [9.17, 15) is 9.18 Å². The predicted molar refractivity (Wildman–Crippen MR) is 70.4 cm³/mol. The summed E-state index contributed by atoms with van der Waals surface area (Å²) in [7, 11) is 0. The number of hydrogen-bond acceptors (Lipinski definition) is 3. The lowest BCUT2D eigenvalue weighted by Crippen LogP contribution is -2.31. The van der Waals surface area contributed by atoms with Crippen molar-refractivity contribution in [3.63, 3.8) is 0 Å². The first-order chi connectivity index (χ1) is 9.06. The molecule has 0 aromatic heterocycles. The topological polar surface area (TPSA) is 64.3 Å². The molecule has 1 aromatic rings. The van der Waals surface area contributed by atoms with Crippen molar-refractivity contribution in [1.29, 1.82) is 0 Å². The van der Waals surface area contributed by atoms with E-state index < -0.39 is 5.82 Å². The summed E-state index contributed by atoms with van der Waals surface area (Å²) in [6, 6.07) is 4.88. The third-order valence-electron chi connectivity index (χ3n) is 2.88. The molecule has 0 spiro atoms. The van der Waals surface area contributed by atoms with Crippen LogP contribution >= 0.6 is 0 Å². The van der Waals surface area contributed by atoms with Crippen molar-refractivity contribution in [3.05, 3.63) is 29.6 Å². The van der Waals surface area contributed by atoms with Crippen LogP contribution in [0.4, 0.5) is 4.39 Å². The lowest BCUT2D eigenvalue weighted by Gasteiger charge is -2.13. The number of nitrogens with two attached hydrogens (primary N) is 1. The molecule has 1 fully saturated rings. The van der Waals surface area contributed by atoms with Crippen molar-refractivity contribution in [3.8, 4) is 5.75 Å². The summed E-state index contributed by atoms with van der Waals surface area (Å²) in [6.07, 6.45) is 2.54. The fourth-order valence-electron chi connectivity index (χ4n) is 1.86. The minimum atomic E-state index is -0.461. The highest BCUT2D eigenvalue weighted by atomic mass is 19.1. The van der Waals surface area contributed by atoms with Crippen LogP contribution in [0.1, 0.15) is 25.3 Å². The quantitative estimate of drug-likeness (QED) is 0.817. The number of nitrogens with one attached hydrogen (secondary N) is 1. The van der Waals surface area contributed by atoms with E-state index in [0.717, 1.165) is 12.8 Å². The highest BCUT2D eigenvalue weighted by Crippen LogP contribution is 2.24.